The predicted molar refractivity (Wildman–Crippen MR) is 120 cm³/mol. The van der Waals surface area contributed by atoms with Crippen LogP contribution in [0.25, 0.3) is 17.2 Å². The summed E-state index contributed by atoms with van der Waals surface area (Å²) < 4.78 is 20.6. The normalized spacial score (nSPS) is 15.1. The number of aromatic nitrogens is 5. The van der Waals surface area contributed by atoms with Gasteiger partial charge in [-0.25, -0.2) is 9.37 Å². The van der Waals surface area contributed by atoms with Crippen molar-refractivity contribution >= 4 is 11.7 Å². The number of nitrogens with zero attached hydrogens (tertiary/aromatic N) is 5. The Bertz CT molecular complexity index is 1340. The number of ether oxygens (including phenoxy) is 1. The number of hydrogen-bond acceptors (Lipinski definition) is 6. The highest BCUT2D eigenvalue weighted by Crippen LogP contribution is 2.42. The molecule has 0 unspecified atom stereocenters. The highest BCUT2D eigenvalue weighted by Gasteiger charge is 2.34. The van der Waals surface area contributed by atoms with Crippen molar-refractivity contribution in [3.05, 3.63) is 77.4 Å². The lowest BCUT2D eigenvalue weighted by Crippen LogP contribution is -2.25. The smallest absolute Gasteiger partial charge is 0.272 e. The molecule has 0 radical (unpaired) electrons. The molecule has 0 saturated carbocycles. The highest BCUT2D eigenvalue weighted by atomic mass is 19.1. The van der Waals surface area contributed by atoms with Crippen molar-refractivity contribution < 1.29 is 13.9 Å². The molecule has 166 valence electrons. The first-order chi connectivity index (χ1) is 16.0. The van der Waals surface area contributed by atoms with Gasteiger partial charge in [0.05, 0.1) is 24.2 Å². The van der Waals surface area contributed by atoms with Crippen LogP contribution in [0.1, 0.15) is 36.1 Å². The standard InChI is InChI=1S/C24H21FN6O2/c1-3-33-20-7-5-4-6-17(20)18-12-21(32)28-23-22(18)14(2)30-31(23)24-27-19(13-26-29-24)15-8-10-16(25)11-9-15/h4-11,13,18H,3,12H2,1-2H3,(H,28,32)/t18-/m1/s1. The Kier molecular flexibility index (Phi) is 5.29. The molecule has 1 N–H and O–H groups in total. The fraction of sp³-hybridized carbons (Fsp3) is 0.208. The monoisotopic (exact) mass is 444 g/mol. The van der Waals surface area contributed by atoms with Gasteiger partial charge in [-0.1, -0.05) is 18.2 Å². The molecule has 8 nitrogen and oxygen atoms in total. The van der Waals surface area contributed by atoms with Gasteiger partial charge in [0.15, 0.2) is 0 Å². The average molecular weight is 444 g/mol. The van der Waals surface area contributed by atoms with Gasteiger partial charge in [-0.2, -0.15) is 14.9 Å². The molecule has 3 heterocycles. The zero-order valence-corrected chi connectivity index (χ0v) is 18.1. The Balaban J connectivity index is 1.61. The van der Waals surface area contributed by atoms with Crippen LogP contribution in [0.15, 0.2) is 54.7 Å². The van der Waals surface area contributed by atoms with E-state index in [1.165, 1.54) is 23.0 Å². The zero-order chi connectivity index (χ0) is 22.9. The van der Waals surface area contributed by atoms with Crippen molar-refractivity contribution in [2.45, 2.75) is 26.2 Å². The second-order valence-electron chi connectivity index (χ2n) is 7.68. The quantitative estimate of drug-likeness (QED) is 0.499. The lowest BCUT2D eigenvalue weighted by molar-refractivity contribution is -0.116. The van der Waals surface area contributed by atoms with Crippen LogP contribution in [-0.2, 0) is 4.79 Å². The summed E-state index contributed by atoms with van der Waals surface area (Å²) in [5, 5.41) is 15.7. The van der Waals surface area contributed by atoms with Crippen molar-refractivity contribution in [1.82, 2.24) is 25.0 Å². The summed E-state index contributed by atoms with van der Waals surface area (Å²) in [7, 11) is 0. The van der Waals surface area contributed by atoms with Crippen LogP contribution in [0.4, 0.5) is 10.2 Å². The molecule has 0 spiro atoms. The average Bonchev–Trinajstić information content (AvgIpc) is 3.16. The van der Waals surface area contributed by atoms with Gasteiger partial charge in [0.25, 0.3) is 5.95 Å². The maximum atomic E-state index is 13.3. The van der Waals surface area contributed by atoms with Crippen LogP contribution >= 0.6 is 0 Å². The van der Waals surface area contributed by atoms with E-state index in [4.69, 9.17) is 4.74 Å². The van der Waals surface area contributed by atoms with Crippen LogP contribution in [-0.4, -0.2) is 37.5 Å². The van der Waals surface area contributed by atoms with Crippen LogP contribution < -0.4 is 10.1 Å². The molecule has 0 fully saturated rings. The van der Waals surface area contributed by atoms with E-state index in [9.17, 15) is 9.18 Å². The van der Waals surface area contributed by atoms with Gasteiger partial charge in [0, 0.05) is 29.0 Å². The molecule has 0 saturated heterocycles. The van der Waals surface area contributed by atoms with Crippen molar-refractivity contribution in [1.29, 1.82) is 0 Å². The summed E-state index contributed by atoms with van der Waals surface area (Å²) in [6, 6.07) is 13.7. The van der Waals surface area contributed by atoms with Crippen molar-refractivity contribution in [3.63, 3.8) is 0 Å². The number of benzene rings is 2. The van der Waals surface area contributed by atoms with E-state index in [2.05, 4.69) is 25.6 Å². The lowest BCUT2D eigenvalue weighted by Gasteiger charge is -2.25. The Morgan fingerprint density at radius 1 is 1.18 bits per heavy atom. The van der Waals surface area contributed by atoms with E-state index in [1.807, 2.05) is 38.1 Å². The Hall–Kier alpha value is -4.14. The molecule has 1 atom stereocenters. The van der Waals surface area contributed by atoms with Crippen molar-refractivity contribution in [2.75, 3.05) is 11.9 Å². The highest BCUT2D eigenvalue weighted by molar-refractivity contribution is 5.95. The summed E-state index contributed by atoms with van der Waals surface area (Å²) in [4.78, 5) is 17.3. The van der Waals surface area contributed by atoms with Gasteiger partial charge in [-0.15, -0.1) is 5.10 Å². The van der Waals surface area contributed by atoms with Crippen molar-refractivity contribution in [3.8, 4) is 23.0 Å². The summed E-state index contributed by atoms with van der Waals surface area (Å²) in [6.07, 6.45) is 1.78. The van der Waals surface area contributed by atoms with Crippen molar-refractivity contribution in [2.24, 2.45) is 0 Å². The molecule has 4 aromatic rings. The minimum atomic E-state index is -0.334. The molecule has 1 aliphatic heterocycles. The van der Waals surface area contributed by atoms with Gasteiger partial charge >= 0.3 is 0 Å². The van der Waals surface area contributed by atoms with Gasteiger partial charge in [0.1, 0.15) is 17.4 Å². The first kappa shape index (κ1) is 20.7. The minimum absolute atomic E-state index is 0.136. The molecular weight excluding hydrogens is 423 g/mol. The second kappa shape index (κ2) is 8.42. The second-order valence-corrected chi connectivity index (χ2v) is 7.68. The number of amides is 1. The third-order valence-electron chi connectivity index (χ3n) is 5.57. The molecular formula is C24H21FN6O2. The summed E-state index contributed by atoms with van der Waals surface area (Å²) in [5.74, 6) is 0.771. The molecule has 33 heavy (non-hydrogen) atoms. The molecule has 2 aromatic carbocycles. The molecule has 0 aliphatic carbocycles. The van der Waals surface area contributed by atoms with Gasteiger partial charge < -0.3 is 10.1 Å². The fourth-order valence-corrected chi connectivity index (χ4v) is 4.16. The maximum Gasteiger partial charge on any atom is 0.272 e. The summed E-state index contributed by atoms with van der Waals surface area (Å²) >= 11 is 0. The number of rotatable bonds is 5. The number of nitrogens with one attached hydrogen (secondary N) is 1. The number of carbonyl (C=O) groups is 1. The first-order valence-electron chi connectivity index (χ1n) is 10.6. The Morgan fingerprint density at radius 2 is 1.97 bits per heavy atom. The molecule has 1 amide bonds. The fourth-order valence-electron chi connectivity index (χ4n) is 4.16. The van der Waals surface area contributed by atoms with Gasteiger partial charge in [-0.05, 0) is 44.2 Å². The largest absolute Gasteiger partial charge is 0.494 e. The zero-order valence-electron chi connectivity index (χ0n) is 18.1. The van der Waals surface area contributed by atoms with Crippen LogP contribution in [0.3, 0.4) is 0 Å². The lowest BCUT2D eigenvalue weighted by atomic mass is 9.85. The van der Waals surface area contributed by atoms with Crippen LogP contribution in [0, 0.1) is 12.7 Å². The minimum Gasteiger partial charge on any atom is -0.494 e. The van der Waals surface area contributed by atoms with Crippen LogP contribution in [0.5, 0.6) is 5.75 Å². The first-order valence-corrected chi connectivity index (χ1v) is 10.6. The maximum absolute atomic E-state index is 13.3. The third kappa shape index (κ3) is 3.82. The molecule has 9 heteroatoms. The molecule has 1 aliphatic rings. The van der Waals surface area contributed by atoms with E-state index in [1.54, 1.807) is 12.1 Å². The Morgan fingerprint density at radius 3 is 2.76 bits per heavy atom. The van der Waals surface area contributed by atoms with E-state index < -0.39 is 0 Å². The topological polar surface area (TPSA) is 94.8 Å². The number of carbonyl (C=O) groups excluding carboxylic acids is 1. The van der Waals surface area contributed by atoms with Crippen LogP contribution in [0.2, 0.25) is 0 Å². The third-order valence-corrected chi connectivity index (χ3v) is 5.57. The molecule has 5 rings (SSSR count). The number of fused-ring (bicyclic) bond motifs is 1. The number of halogens is 1. The predicted octanol–water partition coefficient (Wildman–Crippen LogP) is 4.04. The number of anilines is 1. The summed E-state index contributed by atoms with van der Waals surface area (Å²) in [5.41, 5.74) is 3.77. The van der Waals surface area contributed by atoms with E-state index in [0.29, 0.717) is 23.7 Å². The number of para-hydroxylation sites is 1. The molecule has 0 bridgehead atoms. The van der Waals surface area contributed by atoms with E-state index in [-0.39, 0.29) is 30.0 Å². The molecule has 2 aromatic heterocycles. The number of aryl methyl sites for hydroxylation is 1. The number of hydrogen-bond donors (Lipinski definition) is 1. The van der Waals surface area contributed by atoms with E-state index >= 15 is 0 Å². The Labute approximate surface area is 189 Å². The SMILES string of the molecule is CCOc1ccccc1[C@H]1CC(=O)Nc2c1c(C)nn2-c1nncc(-c2ccc(F)cc2)n1. The summed E-state index contributed by atoms with van der Waals surface area (Å²) in [6.45, 7) is 4.34. The van der Waals surface area contributed by atoms with Gasteiger partial charge in [0.2, 0.25) is 5.91 Å². The van der Waals surface area contributed by atoms with Gasteiger partial charge in [-0.3, -0.25) is 4.79 Å². The van der Waals surface area contributed by atoms with E-state index in [0.717, 1.165) is 22.6 Å².